The summed E-state index contributed by atoms with van der Waals surface area (Å²) in [5.41, 5.74) is 5.68. The number of aromatic nitrogens is 4. The average molecular weight is 313 g/mol. The van der Waals surface area contributed by atoms with Crippen LogP contribution in [0, 0.1) is 5.82 Å². The van der Waals surface area contributed by atoms with E-state index in [1.807, 2.05) is 0 Å². The van der Waals surface area contributed by atoms with Gasteiger partial charge in [-0.15, -0.1) is 5.10 Å². The summed E-state index contributed by atoms with van der Waals surface area (Å²) in [6.45, 7) is -0.342. The first kappa shape index (κ1) is 14.6. The zero-order chi connectivity index (χ0) is 16.4. The molecule has 0 saturated heterocycles. The lowest BCUT2D eigenvalue weighted by Crippen LogP contribution is -2.29. The van der Waals surface area contributed by atoms with Crippen molar-refractivity contribution in [2.75, 3.05) is 0 Å². The third kappa shape index (κ3) is 2.86. The van der Waals surface area contributed by atoms with Crippen LogP contribution in [-0.2, 0) is 11.3 Å². The Balaban J connectivity index is 2.23. The molecule has 0 atom stereocenters. The fourth-order valence-corrected chi connectivity index (χ4v) is 2.17. The van der Waals surface area contributed by atoms with E-state index in [4.69, 9.17) is 5.73 Å². The van der Waals surface area contributed by atoms with E-state index in [1.54, 1.807) is 12.1 Å². The molecule has 0 radical (unpaired) electrons. The van der Waals surface area contributed by atoms with E-state index < -0.39 is 17.4 Å². The fraction of sp³-hybridized carbons (Fsp3) is 0.0667. The molecule has 0 aliphatic rings. The van der Waals surface area contributed by atoms with Crippen molar-refractivity contribution in [3.05, 3.63) is 65.1 Å². The van der Waals surface area contributed by atoms with Crippen LogP contribution < -0.4 is 11.4 Å². The lowest BCUT2D eigenvalue weighted by molar-refractivity contribution is -0.118. The van der Waals surface area contributed by atoms with Crippen LogP contribution in [0.5, 0.6) is 0 Å². The van der Waals surface area contributed by atoms with Gasteiger partial charge in [0.2, 0.25) is 5.91 Å². The van der Waals surface area contributed by atoms with E-state index in [0.717, 1.165) is 4.68 Å². The number of pyridine rings is 1. The van der Waals surface area contributed by atoms with Crippen LogP contribution in [-0.4, -0.2) is 25.2 Å². The van der Waals surface area contributed by atoms with E-state index in [0.29, 0.717) is 11.3 Å². The van der Waals surface area contributed by atoms with Gasteiger partial charge < -0.3 is 5.73 Å². The minimum Gasteiger partial charge on any atom is -0.368 e. The predicted molar refractivity (Wildman–Crippen MR) is 80.2 cm³/mol. The number of halogens is 1. The molecule has 23 heavy (non-hydrogen) atoms. The topological polar surface area (TPSA) is 95.8 Å². The molecule has 2 heterocycles. The van der Waals surface area contributed by atoms with Gasteiger partial charge in [0.05, 0.1) is 5.69 Å². The van der Waals surface area contributed by atoms with Crippen molar-refractivity contribution < 1.29 is 9.18 Å². The minimum atomic E-state index is -0.683. The molecule has 0 fully saturated rings. The maximum absolute atomic E-state index is 13.1. The number of carbonyl (C=O) groups excluding carboxylic acids is 1. The van der Waals surface area contributed by atoms with Gasteiger partial charge >= 0.3 is 5.69 Å². The molecule has 2 aromatic heterocycles. The number of rotatable bonds is 4. The van der Waals surface area contributed by atoms with Crippen molar-refractivity contribution in [1.82, 2.24) is 19.3 Å². The Hall–Kier alpha value is -3.29. The fourth-order valence-electron chi connectivity index (χ4n) is 2.17. The Bertz CT molecular complexity index is 900. The molecular weight excluding hydrogens is 301 g/mol. The molecule has 0 saturated carbocycles. The predicted octanol–water partition coefficient (Wildman–Crippen LogP) is 0.720. The largest absolute Gasteiger partial charge is 0.368 e. The highest BCUT2D eigenvalue weighted by molar-refractivity contribution is 5.73. The zero-order valence-corrected chi connectivity index (χ0v) is 11.9. The first-order chi connectivity index (χ1) is 11.1. The highest BCUT2D eigenvalue weighted by atomic mass is 19.1. The summed E-state index contributed by atoms with van der Waals surface area (Å²) < 4.78 is 15.4. The molecule has 2 N–H and O–H groups in total. The molecular formula is C15H12FN5O2. The number of hydrogen-bond donors (Lipinski definition) is 1. The maximum Gasteiger partial charge on any atom is 0.351 e. The number of carbonyl (C=O) groups is 1. The van der Waals surface area contributed by atoms with Gasteiger partial charge in [-0.3, -0.25) is 9.78 Å². The number of nitrogens with zero attached hydrogens (tertiary/aromatic N) is 4. The first-order valence-corrected chi connectivity index (χ1v) is 6.71. The van der Waals surface area contributed by atoms with Gasteiger partial charge in [-0.25, -0.2) is 18.4 Å². The molecule has 7 nitrogen and oxygen atoms in total. The average Bonchev–Trinajstić information content (AvgIpc) is 2.85. The molecule has 116 valence electrons. The van der Waals surface area contributed by atoms with Crippen LogP contribution in [0.2, 0.25) is 0 Å². The Labute approximate surface area is 129 Å². The van der Waals surface area contributed by atoms with Crippen LogP contribution in [0.25, 0.3) is 17.1 Å². The van der Waals surface area contributed by atoms with Crippen molar-refractivity contribution in [1.29, 1.82) is 0 Å². The molecule has 3 rings (SSSR count). The van der Waals surface area contributed by atoms with Crippen LogP contribution >= 0.6 is 0 Å². The highest BCUT2D eigenvalue weighted by Gasteiger charge is 2.17. The quantitative estimate of drug-likeness (QED) is 0.767. The van der Waals surface area contributed by atoms with Crippen LogP contribution in [0.3, 0.4) is 0 Å². The van der Waals surface area contributed by atoms with Gasteiger partial charge in [0.15, 0.2) is 5.82 Å². The summed E-state index contributed by atoms with van der Waals surface area (Å²) in [6, 6.07) is 8.80. The van der Waals surface area contributed by atoms with Gasteiger partial charge in [-0.1, -0.05) is 0 Å². The normalized spacial score (nSPS) is 10.7. The second-order valence-corrected chi connectivity index (χ2v) is 4.78. The van der Waals surface area contributed by atoms with Crippen molar-refractivity contribution in [2.24, 2.45) is 5.73 Å². The third-order valence-corrected chi connectivity index (χ3v) is 3.17. The van der Waals surface area contributed by atoms with Crippen molar-refractivity contribution in [3.8, 4) is 17.1 Å². The maximum atomic E-state index is 13.1. The Morgan fingerprint density at radius 3 is 2.39 bits per heavy atom. The number of amides is 1. The van der Waals surface area contributed by atoms with Crippen molar-refractivity contribution in [3.63, 3.8) is 0 Å². The smallest absolute Gasteiger partial charge is 0.351 e. The molecule has 0 aliphatic heterocycles. The number of primary amides is 1. The number of benzene rings is 1. The molecule has 1 aromatic carbocycles. The molecule has 0 aliphatic carbocycles. The van der Waals surface area contributed by atoms with E-state index in [2.05, 4.69) is 10.1 Å². The highest BCUT2D eigenvalue weighted by Crippen LogP contribution is 2.19. The first-order valence-electron chi connectivity index (χ1n) is 6.71. The summed E-state index contributed by atoms with van der Waals surface area (Å²) in [7, 11) is 0. The lowest BCUT2D eigenvalue weighted by atomic mass is 10.2. The molecule has 0 bridgehead atoms. The summed E-state index contributed by atoms with van der Waals surface area (Å²) >= 11 is 0. The van der Waals surface area contributed by atoms with Crippen LogP contribution in [0.1, 0.15) is 0 Å². The van der Waals surface area contributed by atoms with E-state index in [-0.39, 0.29) is 12.4 Å². The molecule has 8 heteroatoms. The summed E-state index contributed by atoms with van der Waals surface area (Å²) in [5.74, 6) is -0.803. The lowest BCUT2D eigenvalue weighted by Gasteiger charge is -2.05. The Kier molecular flexibility index (Phi) is 3.71. The van der Waals surface area contributed by atoms with E-state index in [1.165, 1.54) is 41.2 Å². The second kappa shape index (κ2) is 5.84. The Morgan fingerprint density at radius 2 is 1.78 bits per heavy atom. The van der Waals surface area contributed by atoms with Crippen LogP contribution in [0.15, 0.2) is 53.6 Å². The number of hydrogen-bond acceptors (Lipinski definition) is 4. The van der Waals surface area contributed by atoms with E-state index in [9.17, 15) is 14.0 Å². The van der Waals surface area contributed by atoms with Gasteiger partial charge in [0.1, 0.15) is 12.4 Å². The molecule has 1 amide bonds. The Morgan fingerprint density at radius 1 is 1.13 bits per heavy atom. The minimum absolute atomic E-state index is 0.280. The monoisotopic (exact) mass is 313 g/mol. The standard InChI is InChI=1S/C15H12FN5O2/c16-11-3-1-10(2-4-11)14-19-20(9-13(17)22)15(23)21(14)12-5-7-18-8-6-12/h1-8H,9H2,(H2,17,22). The SMILES string of the molecule is NC(=O)Cn1nc(-c2ccc(F)cc2)n(-c2ccncc2)c1=O. The van der Waals surface area contributed by atoms with E-state index >= 15 is 0 Å². The summed E-state index contributed by atoms with van der Waals surface area (Å²) in [4.78, 5) is 27.5. The van der Waals surface area contributed by atoms with Crippen molar-refractivity contribution >= 4 is 5.91 Å². The third-order valence-electron chi connectivity index (χ3n) is 3.17. The van der Waals surface area contributed by atoms with Crippen molar-refractivity contribution in [2.45, 2.75) is 6.54 Å². The molecule has 0 unspecified atom stereocenters. The van der Waals surface area contributed by atoms with Gasteiger partial charge in [-0.05, 0) is 36.4 Å². The summed E-state index contributed by atoms with van der Waals surface area (Å²) in [5, 5.41) is 4.15. The molecule has 0 spiro atoms. The van der Waals surface area contributed by atoms with Crippen LogP contribution in [0.4, 0.5) is 4.39 Å². The van der Waals surface area contributed by atoms with Gasteiger partial charge in [0.25, 0.3) is 0 Å². The van der Waals surface area contributed by atoms with Gasteiger partial charge in [-0.2, -0.15) is 0 Å². The zero-order valence-electron chi connectivity index (χ0n) is 11.9. The summed E-state index contributed by atoms with van der Waals surface area (Å²) in [6.07, 6.45) is 3.06. The second-order valence-electron chi connectivity index (χ2n) is 4.78. The van der Waals surface area contributed by atoms with Gasteiger partial charge in [0, 0.05) is 18.0 Å². The molecule has 3 aromatic rings. The number of nitrogens with two attached hydrogens (primary N) is 1.